The van der Waals surface area contributed by atoms with Gasteiger partial charge in [-0.3, -0.25) is 20.4 Å². The minimum absolute atomic E-state index is 0.177. The molecule has 7 heteroatoms. The van der Waals surface area contributed by atoms with Gasteiger partial charge in [-0.15, -0.1) is 0 Å². The molecule has 1 aromatic heterocycles. The first kappa shape index (κ1) is 13.3. The number of hydrazine groups is 1. The summed E-state index contributed by atoms with van der Waals surface area (Å²) in [6.07, 6.45) is 3.50. The van der Waals surface area contributed by atoms with E-state index in [0.29, 0.717) is 5.69 Å². The molecule has 5 N–H and O–H groups in total. The summed E-state index contributed by atoms with van der Waals surface area (Å²) in [6, 6.07) is 2.83. The zero-order chi connectivity index (χ0) is 13.8. The first-order valence-electron chi connectivity index (χ1n) is 6.14. The molecule has 2 amide bonds. The summed E-state index contributed by atoms with van der Waals surface area (Å²) < 4.78 is 0. The van der Waals surface area contributed by atoms with Crippen molar-refractivity contribution in [3.8, 4) is 0 Å². The van der Waals surface area contributed by atoms with E-state index in [1.54, 1.807) is 13.0 Å². The summed E-state index contributed by atoms with van der Waals surface area (Å²) in [4.78, 5) is 27.5. The number of carbonyl (C=O) groups excluding carboxylic acids is 2. The molecular weight excluding hydrogens is 246 g/mol. The van der Waals surface area contributed by atoms with Gasteiger partial charge < -0.3 is 16.1 Å². The van der Waals surface area contributed by atoms with E-state index in [1.807, 2.05) is 0 Å². The zero-order valence-corrected chi connectivity index (χ0v) is 10.6. The number of hydrogen-bond acceptors (Lipinski definition) is 5. The molecule has 1 saturated carbocycles. The largest absolute Gasteiger partial charge is 0.352 e. The Labute approximate surface area is 110 Å². The minimum atomic E-state index is -0.593. The molecular formula is C12H17N5O2. The Balaban J connectivity index is 1.93. The molecule has 0 aliphatic heterocycles. The standard InChI is InChI=1S/C12H17N5O2/c1-7(11(18)16-8-2-3-8)15-12(19)10-6-9(17-13)4-5-14-10/h4-8H,2-3,13H2,1H3,(H,14,17)(H,15,19)(H,16,18). The number of pyridine rings is 1. The average Bonchev–Trinajstić information content (AvgIpc) is 3.22. The summed E-state index contributed by atoms with van der Waals surface area (Å²) in [5.41, 5.74) is 3.22. The van der Waals surface area contributed by atoms with Crippen LogP contribution >= 0.6 is 0 Å². The van der Waals surface area contributed by atoms with Crippen molar-refractivity contribution in [1.82, 2.24) is 15.6 Å². The lowest BCUT2D eigenvalue weighted by atomic mass is 10.2. The van der Waals surface area contributed by atoms with Gasteiger partial charge >= 0.3 is 0 Å². The van der Waals surface area contributed by atoms with Crippen LogP contribution in [0.1, 0.15) is 30.3 Å². The fourth-order valence-electron chi connectivity index (χ4n) is 1.53. The van der Waals surface area contributed by atoms with Crippen molar-refractivity contribution < 1.29 is 9.59 Å². The third-order valence-corrected chi connectivity index (χ3v) is 2.82. The highest BCUT2D eigenvalue weighted by Gasteiger charge is 2.26. The molecule has 1 atom stereocenters. The van der Waals surface area contributed by atoms with Gasteiger partial charge in [-0.25, -0.2) is 0 Å². The van der Waals surface area contributed by atoms with Gasteiger partial charge in [0.05, 0.1) is 5.69 Å². The lowest BCUT2D eigenvalue weighted by molar-refractivity contribution is -0.122. The van der Waals surface area contributed by atoms with Crippen LogP contribution in [0.25, 0.3) is 0 Å². The van der Waals surface area contributed by atoms with Gasteiger partial charge in [-0.2, -0.15) is 0 Å². The second-order valence-corrected chi connectivity index (χ2v) is 4.55. The van der Waals surface area contributed by atoms with E-state index in [0.717, 1.165) is 12.8 Å². The van der Waals surface area contributed by atoms with Gasteiger partial charge in [-0.05, 0) is 31.9 Å². The maximum Gasteiger partial charge on any atom is 0.270 e. The highest BCUT2D eigenvalue weighted by atomic mass is 16.2. The van der Waals surface area contributed by atoms with Crippen molar-refractivity contribution >= 4 is 17.5 Å². The number of nitrogens with zero attached hydrogens (tertiary/aromatic N) is 1. The van der Waals surface area contributed by atoms with Crippen molar-refractivity contribution in [3.63, 3.8) is 0 Å². The van der Waals surface area contributed by atoms with Gasteiger partial charge in [0.2, 0.25) is 5.91 Å². The predicted octanol–water partition coefficient (Wildman–Crippen LogP) is -0.236. The second kappa shape index (κ2) is 5.66. The molecule has 1 aliphatic rings. The fraction of sp³-hybridized carbons (Fsp3) is 0.417. The van der Waals surface area contributed by atoms with Crippen LogP contribution in [0.2, 0.25) is 0 Å². The Morgan fingerprint density at radius 2 is 2.21 bits per heavy atom. The van der Waals surface area contributed by atoms with Gasteiger partial charge in [0, 0.05) is 12.2 Å². The summed E-state index contributed by atoms with van der Waals surface area (Å²) in [5.74, 6) is 4.67. The Bertz CT molecular complexity index is 487. The summed E-state index contributed by atoms with van der Waals surface area (Å²) >= 11 is 0. The van der Waals surface area contributed by atoms with Crippen molar-refractivity contribution in [2.24, 2.45) is 5.84 Å². The molecule has 0 aromatic carbocycles. The van der Waals surface area contributed by atoms with Crippen LogP contribution in [-0.4, -0.2) is 28.9 Å². The fourth-order valence-corrected chi connectivity index (χ4v) is 1.53. The van der Waals surface area contributed by atoms with Gasteiger partial charge in [-0.1, -0.05) is 0 Å². The van der Waals surface area contributed by atoms with Crippen LogP contribution in [0, 0.1) is 0 Å². The summed E-state index contributed by atoms with van der Waals surface area (Å²) in [5, 5.41) is 5.42. The van der Waals surface area contributed by atoms with E-state index in [1.165, 1.54) is 12.3 Å². The quantitative estimate of drug-likeness (QED) is 0.433. The smallest absolute Gasteiger partial charge is 0.270 e. The van der Waals surface area contributed by atoms with Crippen LogP contribution in [0.15, 0.2) is 18.3 Å². The first-order valence-corrected chi connectivity index (χ1v) is 6.14. The number of amides is 2. The van der Waals surface area contributed by atoms with E-state index < -0.39 is 11.9 Å². The zero-order valence-electron chi connectivity index (χ0n) is 10.6. The molecule has 0 bridgehead atoms. The molecule has 0 saturated heterocycles. The molecule has 7 nitrogen and oxygen atoms in total. The first-order chi connectivity index (χ1) is 9.10. The summed E-state index contributed by atoms with van der Waals surface area (Å²) in [6.45, 7) is 1.64. The highest BCUT2D eigenvalue weighted by Crippen LogP contribution is 2.18. The second-order valence-electron chi connectivity index (χ2n) is 4.55. The van der Waals surface area contributed by atoms with E-state index in [4.69, 9.17) is 5.84 Å². The van der Waals surface area contributed by atoms with E-state index in [9.17, 15) is 9.59 Å². The minimum Gasteiger partial charge on any atom is -0.352 e. The molecule has 1 fully saturated rings. The van der Waals surface area contributed by atoms with Crippen molar-refractivity contribution in [3.05, 3.63) is 24.0 Å². The Morgan fingerprint density at radius 1 is 1.47 bits per heavy atom. The molecule has 1 heterocycles. The monoisotopic (exact) mass is 263 g/mol. The molecule has 19 heavy (non-hydrogen) atoms. The molecule has 0 radical (unpaired) electrons. The lowest BCUT2D eigenvalue weighted by Crippen LogP contribution is -2.45. The van der Waals surface area contributed by atoms with Crippen LogP contribution in [0.3, 0.4) is 0 Å². The molecule has 1 unspecified atom stereocenters. The maximum absolute atomic E-state index is 11.9. The van der Waals surface area contributed by atoms with Gasteiger partial charge in [0.15, 0.2) is 0 Å². The Hall–Kier alpha value is -2.15. The SMILES string of the molecule is CC(NC(=O)c1cc(NN)ccn1)C(=O)NC1CC1. The van der Waals surface area contributed by atoms with E-state index in [-0.39, 0.29) is 17.6 Å². The van der Waals surface area contributed by atoms with Crippen molar-refractivity contribution in [2.75, 3.05) is 5.43 Å². The van der Waals surface area contributed by atoms with Crippen molar-refractivity contribution in [2.45, 2.75) is 31.8 Å². The van der Waals surface area contributed by atoms with Crippen LogP contribution < -0.4 is 21.9 Å². The van der Waals surface area contributed by atoms with E-state index >= 15 is 0 Å². The number of hydrogen-bond donors (Lipinski definition) is 4. The van der Waals surface area contributed by atoms with Crippen LogP contribution in [0.5, 0.6) is 0 Å². The van der Waals surface area contributed by atoms with E-state index in [2.05, 4.69) is 21.0 Å². The number of rotatable bonds is 5. The van der Waals surface area contributed by atoms with Crippen LogP contribution in [-0.2, 0) is 4.79 Å². The molecule has 0 spiro atoms. The normalized spacial score (nSPS) is 15.5. The number of carbonyl (C=O) groups is 2. The molecule has 2 rings (SSSR count). The number of nitrogen functional groups attached to an aromatic ring is 1. The number of aromatic nitrogens is 1. The van der Waals surface area contributed by atoms with Crippen molar-refractivity contribution in [1.29, 1.82) is 0 Å². The number of nitrogens with one attached hydrogen (secondary N) is 3. The molecule has 1 aliphatic carbocycles. The number of nitrogens with two attached hydrogens (primary N) is 1. The predicted molar refractivity (Wildman–Crippen MR) is 70.1 cm³/mol. The lowest BCUT2D eigenvalue weighted by Gasteiger charge is -2.13. The average molecular weight is 263 g/mol. The maximum atomic E-state index is 11.9. The van der Waals surface area contributed by atoms with Gasteiger partial charge in [0.25, 0.3) is 5.91 Å². The Kier molecular flexibility index (Phi) is 3.96. The van der Waals surface area contributed by atoms with Gasteiger partial charge in [0.1, 0.15) is 11.7 Å². The number of anilines is 1. The molecule has 102 valence electrons. The summed E-state index contributed by atoms with van der Waals surface area (Å²) in [7, 11) is 0. The third kappa shape index (κ3) is 3.65. The van der Waals surface area contributed by atoms with Crippen LogP contribution in [0.4, 0.5) is 5.69 Å². The third-order valence-electron chi connectivity index (χ3n) is 2.82. The molecule has 1 aromatic rings. The highest BCUT2D eigenvalue weighted by molar-refractivity contribution is 5.96. The Morgan fingerprint density at radius 3 is 2.84 bits per heavy atom. The topological polar surface area (TPSA) is 109 Å².